The van der Waals surface area contributed by atoms with Crippen LogP contribution in [-0.4, -0.2) is 48.3 Å². The molecule has 2 saturated carbocycles. The average Bonchev–Trinajstić information content (AvgIpc) is 3.98. The summed E-state index contributed by atoms with van der Waals surface area (Å²) in [6.07, 6.45) is -0.842. The van der Waals surface area contributed by atoms with Crippen LogP contribution in [0.15, 0.2) is 65.6 Å². The number of nitrogens with zero attached hydrogens (tertiary/aromatic N) is 2. The van der Waals surface area contributed by atoms with Crippen molar-refractivity contribution in [2.75, 3.05) is 11.4 Å². The number of carboxylic acids is 1. The number of hydrogen-bond acceptors (Lipinski definition) is 5. The largest absolute Gasteiger partial charge is 0.488 e. The van der Waals surface area contributed by atoms with Gasteiger partial charge in [-0.3, -0.25) is 4.79 Å². The SMILES string of the molecule is CC(C)(C)c1cc(CN(C(=O)CN(Cc2ccccc2F)S(=O)(=O)c2c(F)c(F)c(F)c(F)c2F)c2ccc(C(=O)O)cc2OC2CC(F)(F)C2)cc(C2CC2)c1. The zero-order valence-corrected chi connectivity index (χ0v) is 31.5. The molecule has 4 aromatic carbocycles. The molecule has 0 bridgehead atoms. The minimum Gasteiger partial charge on any atom is -0.488 e. The van der Waals surface area contributed by atoms with Crippen molar-refractivity contribution in [3.8, 4) is 5.75 Å². The average molecular weight is 825 g/mol. The molecular weight excluding hydrogens is 788 g/mol. The van der Waals surface area contributed by atoms with Gasteiger partial charge in [-0.15, -0.1) is 0 Å². The standard InChI is InChI=1S/C40H36F8N2O6S/c1-39(2,3)26-13-21(12-25(14-26)22-8-9-22)18-50(29-11-10-23(38(52)53)15-30(29)56-27-16-40(47,48)17-27)31(51)20-49(19-24-6-4-5-7-28(24)41)57(54,55)37-35(45)33(43)32(42)34(44)36(37)46/h4-7,10-15,22,27H,8-9,16-20H2,1-3H3,(H,52,53). The molecule has 2 fully saturated rings. The van der Waals surface area contributed by atoms with E-state index < -0.39 is 117 Å². The van der Waals surface area contributed by atoms with Crippen molar-refractivity contribution in [2.45, 2.75) is 87.8 Å². The first-order chi connectivity index (χ1) is 26.6. The van der Waals surface area contributed by atoms with Gasteiger partial charge in [0.1, 0.15) is 17.7 Å². The summed E-state index contributed by atoms with van der Waals surface area (Å²) in [5.74, 6) is -20.2. The van der Waals surface area contributed by atoms with Crippen molar-refractivity contribution in [2.24, 2.45) is 0 Å². The lowest BCUT2D eigenvalue weighted by atomic mass is 9.84. The van der Waals surface area contributed by atoms with Crippen LogP contribution in [0, 0.1) is 34.9 Å². The number of benzene rings is 4. The highest BCUT2D eigenvalue weighted by atomic mass is 32.2. The van der Waals surface area contributed by atoms with Crippen LogP contribution in [0.2, 0.25) is 0 Å². The van der Waals surface area contributed by atoms with E-state index in [9.17, 15) is 49.5 Å². The number of carboxylic acid groups (broad SMARTS) is 1. The number of carbonyl (C=O) groups is 2. The van der Waals surface area contributed by atoms with Crippen molar-refractivity contribution < 1.29 is 63.0 Å². The Hall–Kier alpha value is -5.03. The van der Waals surface area contributed by atoms with Gasteiger partial charge < -0.3 is 14.7 Å². The van der Waals surface area contributed by atoms with E-state index in [-0.39, 0.29) is 27.2 Å². The summed E-state index contributed by atoms with van der Waals surface area (Å²) in [4.78, 5) is 25.3. The first-order valence-corrected chi connectivity index (χ1v) is 19.1. The summed E-state index contributed by atoms with van der Waals surface area (Å²) >= 11 is 0. The number of hydrogen-bond donors (Lipinski definition) is 1. The van der Waals surface area contributed by atoms with E-state index in [1.165, 1.54) is 12.1 Å². The van der Waals surface area contributed by atoms with Crippen molar-refractivity contribution in [3.63, 3.8) is 0 Å². The highest BCUT2D eigenvalue weighted by Crippen LogP contribution is 2.44. The third-order valence-electron chi connectivity index (χ3n) is 9.80. The second-order valence-electron chi connectivity index (χ2n) is 15.2. The molecule has 6 rings (SSSR count). The predicted octanol–water partition coefficient (Wildman–Crippen LogP) is 9.00. The van der Waals surface area contributed by atoms with Gasteiger partial charge in [0.2, 0.25) is 21.7 Å². The van der Waals surface area contributed by atoms with Crippen LogP contribution in [-0.2, 0) is 33.3 Å². The minimum absolute atomic E-state index is 0.0405. The number of alkyl halides is 2. The van der Waals surface area contributed by atoms with Gasteiger partial charge in [-0.25, -0.2) is 48.3 Å². The third-order valence-corrected chi connectivity index (χ3v) is 11.6. The van der Waals surface area contributed by atoms with E-state index in [1.54, 1.807) is 12.1 Å². The first kappa shape index (κ1) is 41.6. The van der Waals surface area contributed by atoms with E-state index in [2.05, 4.69) is 0 Å². The van der Waals surface area contributed by atoms with Crippen molar-refractivity contribution >= 4 is 27.6 Å². The Bertz CT molecular complexity index is 2330. The molecular formula is C40H36F8N2O6S. The number of aromatic carboxylic acids is 1. The molecule has 8 nitrogen and oxygen atoms in total. The van der Waals surface area contributed by atoms with Crippen molar-refractivity contribution in [1.82, 2.24) is 4.31 Å². The summed E-state index contributed by atoms with van der Waals surface area (Å²) in [7, 11) is -5.88. The Kier molecular flexibility index (Phi) is 11.2. The summed E-state index contributed by atoms with van der Waals surface area (Å²) in [5.41, 5.74) is 0.788. The first-order valence-electron chi connectivity index (χ1n) is 17.7. The second kappa shape index (κ2) is 15.4. The summed E-state index contributed by atoms with van der Waals surface area (Å²) in [6, 6.07) is 13.2. The molecule has 1 amide bonds. The monoisotopic (exact) mass is 824 g/mol. The van der Waals surface area contributed by atoms with Gasteiger partial charge in [0.25, 0.3) is 5.92 Å². The maximum Gasteiger partial charge on any atom is 0.335 e. The van der Waals surface area contributed by atoms with Gasteiger partial charge in [0.05, 0.1) is 24.3 Å². The third kappa shape index (κ3) is 8.78. The fourth-order valence-corrected chi connectivity index (χ4v) is 7.92. The molecule has 0 saturated heterocycles. The van der Waals surface area contributed by atoms with Crippen LogP contribution in [0.5, 0.6) is 5.75 Å². The van der Waals surface area contributed by atoms with Crippen LogP contribution in [0.3, 0.4) is 0 Å². The topological polar surface area (TPSA) is 104 Å². The van der Waals surface area contributed by atoms with Crippen LogP contribution in [0.1, 0.15) is 85.0 Å². The summed E-state index contributed by atoms with van der Waals surface area (Å²) in [6.45, 7) is 2.89. The van der Waals surface area contributed by atoms with Crippen LogP contribution >= 0.6 is 0 Å². The van der Waals surface area contributed by atoms with Crippen molar-refractivity contribution in [1.29, 1.82) is 0 Å². The molecule has 4 aromatic rings. The molecule has 17 heteroatoms. The maximum absolute atomic E-state index is 15.1. The van der Waals surface area contributed by atoms with E-state index in [0.29, 0.717) is 5.56 Å². The molecule has 0 aliphatic heterocycles. The number of ether oxygens (including phenoxy) is 1. The molecule has 304 valence electrons. The number of halogens is 8. The Morgan fingerprint density at radius 1 is 0.842 bits per heavy atom. The fourth-order valence-electron chi connectivity index (χ4n) is 6.44. The summed E-state index contributed by atoms with van der Waals surface area (Å²) in [5, 5.41) is 9.75. The number of sulfonamides is 1. The fraction of sp³-hybridized carbons (Fsp3) is 0.350. The molecule has 0 unspecified atom stereocenters. The van der Waals surface area contributed by atoms with E-state index >= 15 is 8.78 Å². The quantitative estimate of drug-likeness (QED) is 0.0821. The maximum atomic E-state index is 15.1. The normalized spacial score (nSPS) is 15.7. The molecule has 2 aliphatic rings. The summed E-state index contributed by atoms with van der Waals surface area (Å²) < 4.78 is 150. The molecule has 2 aliphatic carbocycles. The van der Waals surface area contributed by atoms with Gasteiger partial charge in [-0.05, 0) is 65.1 Å². The van der Waals surface area contributed by atoms with E-state index in [4.69, 9.17) is 4.74 Å². The zero-order valence-electron chi connectivity index (χ0n) is 30.7. The van der Waals surface area contributed by atoms with Crippen LogP contribution in [0.25, 0.3) is 0 Å². The lowest BCUT2D eigenvalue weighted by molar-refractivity contribution is -0.134. The van der Waals surface area contributed by atoms with E-state index in [1.807, 2.05) is 26.8 Å². The van der Waals surface area contributed by atoms with Crippen LogP contribution in [0.4, 0.5) is 40.8 Å². The Morgan fingerprint density at radius 3 is 2.02 bits per heavy atom. The molecule has 0 spiro atoms. The van der Waals surface area contributed by atoms with Gasteiger partial charge in [-0.1, -0.05) is 57.2 Å². The molecule has 57 heavy (non-hydrogen) atoms. The van der Waals surface area contributed by atoms with Gasteiger partial charge >= 0.3 is 5.97 Å². The number of rotatable bonds is 13. The highest BCUT2D eigenvalue weighted by Gasteiger charge is 2.47. The molecule has 0 aromatic heterocycles. The van der Waals surface area contributed by atoms with Gasteiger partial charge in [-0.2, -0.15) is 4.31 Å². The molecule has 0 atom stereocenters. The molecule has 1 N–H and O–H groups in total. The van der Waals surface area contributed by atoms with Crippen molar-refractivity contribution in [3.05, 3.63) is 123 Å². The lowest BCUT2D eigenvalue weighted by Crippen LogP contribution is -2.44. The van der Waals surface area contributed by atoms with E-state index in [0.717, 1.165) is 59.2 Å². The number of carbonyl (C=O) groups excluding carboxylic acids is 1. The van der Waals surface area contributed by atoms with Crippen LogP contribution < -0.4 is 9.64 Å². The number of amides is 1. The zero-order chi connectivity index (χ0) is 41.8. The molecule has 0 radical (unpaired) electrons. The Labute approximate surface area is 322 Å². The Balaban J connectivity index is 1.50. The predicted molar refractivity (Wildman–Crippen MR) is 191 cm³/mol. The highest BCUT2D eigenvalue weighted by molar-refractivity contribution is 7.89. The number of anilines is 1. The minimum atomic E-state index is -5.88. The smallest absolute Gasteiger partial charge is 0.335 e. The molecule has 0 heterocycles. The van der Waals surface area contributed by atoms with Gasteiger partial charge in [0.15, 0.2) is 28.2 Å². The second-order valence-corrected chi connectivity index (χ2v) is 17.1. The Morgan fingerprint density at radius 2 is 1.46 bits per heavy atom. The lowest BCUT2D eigenvalue weighted by Gasteiger charge is -2.36. The van der Waals surface area contributed by atoms with Gasteiger partial charge in [0, 0.05) is 24.9 Å².